The fourth-order valence-corrected chi connectivity index (χ4v) is 0.796. The van der Waals surface area contributed by atoms with E-state index < -0.39 is 17.7 Å². The van der Waals surface area contributed by atoms with E-state index in [9.17, 15) is 9.59 Å². The van der Waals surface area contributed by atoms with Crippen LogP contribution in [0.4, 0.5) is 0 Å². The SMILES string of the molecule is O=C(O)C1=C(C(=O)O)OCC=C1. The Balaban J connectivity index is 3.08. The normalized spacial score (nSPS) is 15.7. The van der Waals surface area contributed by atoms with Gasteiger partial charge in [0.15, 0.2) is 0 Å². The molecular formula is C7H6O5. The Kier molecular flexibility index (Phi) is 2.14. The molecule has 0 aromatic heterocycles. The van der Waals surface area contributed by atoms with Crippen LogP contribution in [0.3, 0.4) is 0 Å². The molecule has 0 atom stereocenters. The van der Waals surface area contributed by atoms with Gasteiger partial charge in [-0.15, -0.1) is 0 Å². The average molecular weight is 170 g/mol. The number of carboxylic acids is 2. The Bertz CT molecular complexity index is 286. The van der Waals surface area contributed by atoms with Crippen LogP contribution < -0.4 is 0 Å². The maximum Gasteiger partial charge on any atom is 0.372 e. The lowest BCUT2D eigenvalue weighted by atomic mass is 10.2. The van der Waals surface area contributed by atoms with Crippen LogP contribution in [0.15, 0.2) is 23.5 Å². The lowest BCUT2D eigenvalue weighted by Crippen LogP contribution is -2.15. The summed E-state index contributed by atoms with van der Waals surface area (Å²) >= 11 is 0. The number of hydrogen-bond acceptors (Lipinski definition) is 3. The third-order valence-electron chi connectivity index (χ3n) is 1.28. The van der Waals surface area contributed by atoms with Crippen molar-refractivity contribution in [1.82, 2.24) is 0 Å². The summed E-state index contributed by atoms with van der Waals surface area (Å²) in [6.45, 7) is 0.0956. The van der Waals surface area contributed by atoms with Gasteiger partial charge in [0.1, 0.15) is 12.2 Å². The highest BCUT2D eigenvalue weighted by atomic mass is 16.5. The molecular weight excluding hydrogens is 164 g/mol. The molecule has 0 saturated heterocycles. The molecule has 0 spiro atoms. The number of aliphatic carboxylic acids is 2. The molecule has 5 nitrogen and oxygen atoms in total. The maximum absolute atomic E-state index is 10.4. The van der Waals surface area contributed by atoms with Gasteiger partial charge in [-0.3, -0.25) is 0 Å². The highest BCUT2D eigenvalue weighted by Crippen LogP contribution is 2.13. The summed E-state index contributed by atoms with van der Waals surface area (Å²) in [4.78, 5) is 20.8. The summed E-state index contributed by atoms with van der Waals surface area (Å²) in [5.74, 6) is -3.18. The van der Waals surface area contributed by atoms with Crippen molar-refractivity contribution in [3.63, 3.8) is 0 Å². The van der Waals surface area contributed by atoms with Crippen molar-refractivity contribution in [3.8, 4) is 0 Å². The molecule has 0 aliphatic carbocycles. The number of carboxylic acid groups (broad SMARTS) is 2. The van der Waals surface area contributed by atoms with Crippen molar-refractivity contribution in [1.29, 1.82) is 0 Å². The summed E-state index contributed by atoms with van der Waals surface area (Å²) in [6.07, 6.45) is 2.66. The van der Waals surface area contributed by atoms with Gasteiger partial charge in [0.25, 0.3) is 0 Å². The molecule has 0 radical (unpaired) electrons. The molecule has 0 bridgehead atoms. The minimum Gasteiger partial charge on any atom is -0.482 e. The van der Waals surface area contributed by atoms with Crippen LogP contribution in [0.25, 0.3) is 0 Å². The second-order valence-corrected chi connectivity index (χ2v) is 2.07. The molecule has 0 saturated carbocycles. The lowest BCUT2D eigenvalue weighted by molar-refractivity contribution is -0.139. The molecule has 0 fully saturated rings. The number of hydrogen-bond donors (Lipinski definition) is 2. The molecule has 0 unspecified atom stereocenters. The third kappa shape index (κ3) is 1.45. The van der Waals surface area contributed by atoms with E-state index in [1.54, 1.807) is 0 Å². The topological polar surface area (TPSA) is 83.8 Å². The van der Waals surface area contributed by atoms with Crippen molar-refractivity contribution >= 4 is 11.9 Å². The van der Waals surface area contributed by atoms with Crippen LogP contribution in [0.2, 0.25) is 0 Å². The summed E-state index contributed by atoms with van der Waals surface area (Å²) < 4.78 is 4.63. The first-order chi connectivity index (χ1) is 5.63. The molecule has 0 aromatic carbocycles. The summed E-state index contributed by atoms with van der Waals surface area (Å²) in [6, 6.07) is 0. The Morgan fingerprint density at radius 1 is 1.33 bits per heavy atom. The van der Waals surface area contributed by atoms with Crippen molar-refractivity contribution in [2.45, 2.75) is 0 Å². The summed E-state index contributed by atoms with van der Waals surface area (Å²) in [5, 5.41) is 17.0. The summed E-state index contributed by atoms with van der Waals surface area (Å²) in [5.41, 5.74) is -0.325. The van der Waals surface area contributed by atoms with Gasteiger partial charge >= 0.3 is 11.9 Å². The van der Waals surface area contributed by atoms with E-state index in [0.717, 1.165) is 0 Å². The standard InChI is InChI=1S/C7H6O5/c8-6(9)4-2-1-3-12-5(4)7(10)11/h1-2H,3H2,(H,8,9)(H,10,11). The molecule has 1 rings (SSSR count). The molecule has 64 valence electrons. The second kappa shape index (κ2) is 3.08. The highest BCUT2D eigenvalue weighted by molar-refractivity contribution is 5.99. The zero-order valence-electron chi connectivity index (χ0n) is 5.98. The van der Waals surface area contributed by atoms with Gasteiger partial charge in [-0.25, -0.2) is 9.59 Å². The molecule has 0 aromatic rings. The van der Waals surface area contributed by atoms with Gasteiger partial charge in [-0.2, -0.15) is 0 Å². The Morgan fingerprint density at radius 3 is 2.42 bits per heavy atom. The minimum atomic E-state index is -1.36. The fraction of sp³-hybridized carbons (Fsp3) is 0.143. The van der Waals surface area contributed by atoms with Gasteiger partial charge < -0.3 is 14.9 Å². The first kappa shape index (κ1) is 8.32. The zero-order chi connectivity index (χ0) is 9.14. The Labute approximate surface area is 67.6 Å². The first-order valence-electron chi connectivity index (χ1n) is 3.13. The first-order valence-corrected chi connectivity index (χ1v) is 3.13. The van der Waals surface area contributed by atoms with Gasteiger partial charge in [0.05, 0.1) is 0 Å². The molecule has 1 aliphatic heterocycles. The van der Waals surface area contributed by atoms with Gasteiger partial charge in [0.2, 0.25) is 5.76 Å². The number of rotatable bonds is 2. The molecule has 5 heteroatoms. The fourth-order valence-electron chi connectivity index (χ4n) is 0.796. The predicted octanol–water partition coefficient (Wildman–Crippen LogP) is -0.00390. The van der Waals surface area contributed by atoms with Gasteiger partial charge in [-0.05, 0) is 12.2 Å². The summed E-state index contributed by atoms with van der Waals surface area (Å²) in [7, 11) is 0. The largest absolute Gasteiger partial charge is 0.482 e. The van der Waals surface area contributed by atoms with E-state index in [1.807, 2.05) is 0 Å². The molecule has 1 heterocycles. The van der Waals surface area contributed by atoms with Crippen LogP contribution in [-0.4, -0.2) is 28.8 Å². The van der Waals surface area contributed by atoms with Crippen molar-refractivity contribution < 1.29 is 24.5 Å². The second-order valence-electron chi connectivity index (χ2n) is 2.07. The molecule has 12 heavy (non-hydrogen) atoms. The van der Waals surface area contributed by atoms with E-state index >= 15 is 0 Å². The quantitative estimate of drug-likeness (QED) is 0.609. The highest BCUT2D eigenvalue weighted by Gasteiger charge is 2.21. The van der Waals surface area contributed by atoms with E-state index in [2.05, 4.69) is 4.74 Å². The third-order valence-corrected chi connectivity index (χ3v) is 1.28. The van der Waals surface area contributed by atoms with E-state index in [0.29, 0.717) is 0 Å². The van der Waals surface area contributed by atoms with Gasteiger partial charge in [0, 0.05) is 0 Å². The van der Waals surface area contributed by atoms with Gasteiger partial charge in [-0.1, -0.05) is 0 Å². The predicted molar refractivity (Wildman–Crippen MR) is 37.4 cm³/mol. The smallest absolute Gasteiger partial charge is 0.372 e. The van der Waals surface area contributed by atoms with Crippen LogP contribution in [0, 0.1) is 0 Å². The van der Waals surface area contributed by atoms with E-state index in [-0.39, 0.29) is 12.2 Å². The van der Waals surface area contributed by atoms with Crippen LogP contribution in [0.1, 0.15) is 0 Å². The lowest BCUT2D eigenvalue weighted by Gasteiger charge is -2.10. The minimum absolute atomic E-state index is 0.0956. The molecule has 0 amide bonds. The van der Waals surface area contributed by atoms with Crippen LogP contribution in [-0.2, 0) is 14.3 Å². The maximum atomic E-state index is 10.4. The van der Waals surface area contributed by atoms with Crippen molar-refractivity contribution in [2.24, 2.45) is 0 Å². The van der Waals surface area contributed by atoms with Crippen LogP contribution >= 0.6 is 0 Å². The Hall–Kier alpha value is -1.78. The Morgan fingerprint density at radius 2 is 2.00 bits per heavy atom. The van der Waals surface area contributed by atoms with E-state index in [4.69, 9.17) is 10.2 Å². The molecule has 2 N–H and O–H groups in total. The number of ether oxygens (including phenoxy) is 1. The van der Waals surface area contributed by atoms with E-state index in [1.165, 1.54) is 12.2 Å². The monoisotopic (exact) mass is 170 g/mol. The molecule has 1 aliphatic rings. The zero-order valence-corrected chi connectivity index (χ0v) is 5.98. The van der Waals surface area contributed by atoms with Crippen molar-refractivity contribution in [3.05, 3.63) is 23.5 Å². The number of carbonyl (C=O) groups is 2. The van der Waals surface area contributed by atoms with Crippen LogP contribution in [0.5, 0.6) is 0 Å². The average Bonchev–Trinajstić information content (AvgIpc) is 2.04. The van der Waals surface area contributed by atoms with Crippen molar-refractivity contribution in [2.75, 3.05) is 6.61 Å².